The number of aromatic nitrogens is 1. The molecule has 2 aliphatic rings. The molecule has 7 nitrogen and oxygen atoms in total. The Morgan fingerprint density at radius 1 is 0.891 bits per heavy atom. The molecule has 3 heterocycles. The van der Waals surface area contributed by atoms with Crippen molar-refractivity contribution in [1.29, 1.82) is 0 Å². The van der Waals surface area contributed by atoms with Gasteiger partial charge in [-0.3, -0.25) is 9.59 Å². The number of carbonyl (C=O) groups excluding carboxylic acids is 2. The van der Waals surface area contributed by atoms with Crippen molar-refractivity contribution in [2.24, 2.45) is 0 Å². The lowest BCUT2D eigenvalue weighted by atomic mass is 9.96. The van der Waals surface area contributed by atoms with Crippen LogP contribution in [0.2, 0.25) is 0 Å². The van der Waals surface area contributed by atoms with Gasteiger partial charge in [-0.15, -0.1) is 0 Å². The lowest BCUT2D eigenvalue weighted by Crippen LogP contribution is -2.42. The summed E-state index contributed by atoms with van der Waals surface area (Å²) in [4.78, 5) is 34.4. The lowest BCUT2D eigenvalue weighted by Gasteiger charge is -2.31. The van der Waals surface area contributed by atoms with Crippen LogP contribution in [0.3, 0.4) is 0 Å². The topological polar surface area (TPSA) is 72.0 Å². The number of piperidine rings is 1. The molecule has 0 spiro atoms. The van der Waals surface area contributed by atoms with Crippen LogP contribution in [0.1, 0.15) is 55.9 Å². The van der Waals surface area contributed by atoms with Gasteiger partial charge in [0.25, 0.3) is 17.7 Å². The van der Waals surface area contributed by atoms with Crippen molar-refractivity contribution in [2.45, 2.75) is 38.3 Å². The molecule has 0 radical (unpaired) electrons. The second kappa shape index (κ2) is 12.5. The van der Waals surface area contributed by atoms with E-state index in [4.69, 9.17) is 9.47 Å². The molecule has 3 aromatic carbocycles. The minimum atomic E-state index is -2.76. The summed E-state index contributed by atoms with van der Waals surface area (Å²) in [5.74, 6) is -3.79. The van der Waals surface area contributed by atoms with Gasteiger partial charge in [0.1, 0.15) is 23.1 Å². The summed E-state index contributed by atoms with van der Waals surface area (Å²) < 4.78 is 67.7. The van der Waals surface area contributed by atoms with E-state index in [-0.39, 0.29) is 68.5 Å². The van der Waals surface area contributed by atoms with E-state index < -0.39 is 17.6 Å². The number of pyridine rings is 1. The minimum absolute atomic E-state index is 0.0207. The van der Waals surface area contributed by atoms with Crippen LogP contribution in [0.25, 0.3) is 11.3 Å². The average Bonchev–Trinajstić information content (AvgIpc) is 3.35. The number of halogens is 4. The van der Waals surface area contributed by atoms with Crippen LogP contribution in [0.5, 0.6) is 11.5 Å². The molecule has 0 atom stereocenters. The van der Waals surface area contributed by atoms with Gasteiger partial charge in [-0.25, -0.2) is 22.5 Å². The van der Waals surface area contributed by atoms with Gasteiger partial charge in [0.05, 0.1) is 49.8 Å². The molecule has 0 aliphatic carbocycles. The molecule has 0 unspecified atom stereocenters. The number of amides is 2. The fraction of sp³-hybridized carbons (Fsp3) is 0.286. The number of fused-ring (bicyclic) bond motifs is 1. The van der Waals surface area contributed by atoms with Gasteiger partial charge in [0.2, 0.25) is 0 Å². The Hall–Kier alpha value is -4.93. The SMILES string of the molecule is COc1ccc(CN2Cc3nc(-c4c(F)cccc4F)cc(Cc4ccc(C(=O)N5CCC(F)(F)CC5)cc4)c3C2=O)c(OC)c1. The Balaban J connectivity index is 1.31. The van der Waals surface area contributed by atoms with Gasteiger partial charge in [-0.05, 0) is 60.0 Å². The second-order valence-corrected chi connectivity index (χ2v) is 11.4. The largest absolute Gasteiger partial charge is 0.497 e. The quantitative estimate of drug-likeness (QED) is 0.203. The summed E-state index contributed by atoms with van der Waals surface area (Å²) in [7, 11) is 3.07. The minimum Gasteiger partial charge on any atom is -0.497 e. The number of carbonyl (C=O) groups is 2. The van der Waals surface area contributed by atoms with Crippen LogP contribution in [0.4, 0.5) is 17.6 Å². The molecule has 1 aromatic heterocycles. The van der Waals surface area contributed by atoms with E-state index >= 15 is 0 Å². The highest BCUT2D eigenvalue weighted by Gasteiger charge is 2.36. The molecule has 238 valence electrons. The lowest BCUT2D eigenvalue weighted by molar-refractivity contribution is -0.0494. The Morgan fingerprint density at radius 2 is 1.59 bits per heavy atom. The van der Waals surface area contributed by atoms with Crippen LogP contribution in [-0.2, 0) is 19.5 Å². The van der Waals surface area contributed by atoms with Gasteiger partial charge < -0.3 is 19.3 Å². The number of benzene rings is 3. The van der Waals surface area contributed by atoms with E-state index in [1.165, 1.54) is 24.1 Å². The number of likely N-dealkylation sites (tertiary alicyclic amines) is 1. The second-order valence-electron chi connectivity index (χ2n) is 11.4. The number of alkyl halides is 2. The Labute approximate surface area is 263 Å². The first-order valence-electron chi connectivity index (χ1n) is 14.8. The van der Waals surface area contributed by atoms with Gasteiger partial charge >= 0.3 is 0 Å². The fourth-order valence-electron chi connectivity index (χ4n) is 5.97. The van der Waals surface area contributed by atoms with E-state index in [0.29, 0.717) is 33.9 Å². The molecule has 1 fully saturated rings. The Morgan fingerprint density at radius 3 is 2.24 bits per heavy atom. The zero-order valence-corrected chi connectivity index (χ0v) is 25.3. The van der Waals surface area contributed by atoms with E-state index in [1.54, 1.807) is 54.5 Å². The van der Waals surface area contributed by atoms with E-state index in [9.17, 15) is 27.2 Å². The normalized spacial score (nSPS) is 15.6. The molecule has 46 heavy (non-hydrogen) atoms. The first-order valence-corrected chi connectivity index (χ1v) is 14.8. The van der Waals surface area contributed by atoms with Crippen molar-refractivity contribution in [1.82, 2.24) is 14.8 Å². The van der Waals surface area contributed by atoms with Crippen LogP contribution in [0.15, 0.2) is 66.7 Å². The van der Waals surface area contributed by atoms with Crippen molar-refractivity contribution < 1.29 is 36.6 Å². The molecular weight excluding hydrogens is 602 g/mol. The third-order valence-electron chi connectivity index (χ3n) is 8.47. The van der Waals surface area contributed by atoms with Gasteiger partial charge in [-0.1, -0.05) is 18.2 Å². The summed E-state index contributed by atoms with van der Waals surface area (Å²) in [5.41, 5.74) is 2.87. The maximum absolute atomic E-state index is 14.9. The first-order chi connectivity index (χ1) is 22.1. The number of nitrogens with zero attached hydrogens (tertiary/aromatic N) is 3. The van der Waals surface area contributed by atoms with E-state index in [2.05, 4.69) is 4.98 Å². The van der Waals surface area contributed by atoms with Crippen molar-refractivity contribution in [2.75, 3.05) is 27.3 Å². The van der Waals surface area contributed by atoms with Crippen LogP contribution in [-0.4, -0.2) is 59.8 Å². The van der Waals surface area contributed by atoms with Gasteiger partial charge in [-0.2, -0.15) is 0 Å². The smallest absolute Gasteiger partial charge is 0.256 e. The standard InChI is InChI=1S/C35H31F4N3O4/c1-45-25-11-10-23(30(18-25)46-2)19-42-20-29-31(34(42)44)24(17-28(40-29)32-26(36)4-3-5-27(32)37)16-21-6-8-22(9-7-21)33(43)41-14-12-35(38,39)13-15-41/h3-11,17-18H,12-16,19-20H2,1-2H3. The highest BCUT2D eigenvalue weighted by molar-refractivity contribution is 6.00. The maximum Gasteiger partial charge on any atom is 0.256 e. The number of hydrogen-bond acceptors (Lipinski definition) is 5. The van der Waals surface area contributed by atoms with Crippen LogP contribution < -0.4 is 9.47 Å². The summed E-state index contributed by atoms with van der Waals surface area (Å²) in [5, 5.41) is 0. The molecule has 2 amide bonds. The predicted octanol–water partition coefficient (Wildman–Crippen LogP) is 6.66. The van der Waals surface area contributed by atoms with Crippen molar-refractivity contribution in [3.05, 3.63) is 112 Å². The summed E-state index contributed by atoms with van der Waals surface area (Å²) in [6.45, 7) is 0.271. The zero-order valence-electron chi connectivity index (χ0n) is 25.3. The summed E-state index contributed by atoms with van der Waals surface area (Å²) >= 11 is 0. The maximum atomic E-state index is 14.9. The molecule has 0 saturated carbocycles. The average molecular weight is 634 g/mol. The fourth-order valence-corrected chi connectivity index (χ4v) is 5.97. The molecule has 2 aliphatic heterocycles. The van der Waals surface area contributed by atoms with E-state index in [1.807, 2.05) is 0 Å². The number of methoxy groups -OCH3 is 2. The highest BCUT2D eigenvalue weighted by Crippen LogP contribution is 2.35. The Kier molecular flexibility index (Phi) is 8.41. The number of ether oxygens (including phenoxy) is 2. The monoisotopic (exact) mass is 633 g/mol. The molecule has 0 bridgehead atoms. The molecule has 1 saturated heterocycles. The molecule has 6 rings (SSSR count). The van der Waals surface area contributed by atoms with Crippen LogP contribution >= 0.6 is 0 Å². The van der Waals surface area contributed by atoms with Gasteiger partial charge in [0.15, 0.2) is 0 Å². The van der Waals surface area contributed by atoms with Crippen molar-refractivity contribution >= 4 is 11.8 Å². The van der Waals surface area contributed by atoms with Crippen LogP contribution in [0, 0.1) is 11.6 Å². The summed E-state index contributed by atoms with van der Waals surface area (Å²) in [6.07, 6.45) is -0.528. The van der Waals surface area contributed by atoms with Gasteiger partial charge in [0, 0.05) is 43.1 Å². The predicted molar refractivity (Wildman–Crippen MR) is 162 cm³/mol. The third kappa shape index (κ3) is 6.14. The zero-order chi connectivity index (χ0) is 32.6. The van der Waals surface area contributed by atoms with Crippen molar-refractivity contribution in [3.8, 4) is 22.8 Å². The molecule has 0 N–H and O–H groups in total. The van der Waals surface area contributed by atoms with Crippen molar-refractivity contribution in [3.63, 3.8) is 0 Å². The summed E-state index contributed by atoms with van der Waals surface area (Å²) in [6, 6.07) is 17.1. The molecule has 11 heteroatoms. The molecular formula is C35H31F4N3O4. The third-order valence-corrected chi connectivity index (χ3v) is 8.47. The first kappa shape index (κ1) is 31.1. The molecule has 4 aromatic rings. The highest BCUT2D eigenvalue weighted by atomic mass is 19.3. The number of rotatable bonds is 8. The Bertz CT molecular complexity index is 1780. The number of hydrogen-bond donors (Lipinski definition) is 0. The van der Waals surface area contributed by atoms with E-state index in [0.717, 1.165) is 23.3 Å².